The van der Waals surface area contributed by atoms with E-state index in [0.717, 1.165) is 21.3 Å². The Labute approximate surface area is 115 Å². The molecule has 0 heterocycles. The summed E-state index contributed by atoms with van der Waals surface area (Å²) < 4.78 is 0.990. The second-order valence-electron chi connectivity index (χ2n) is 4.29. The molecule has 0 bridgehead atoms. The minimum Gasteiger partial charge on any atom is -0.322 e. The maximum atomic E-state index is 12.0. The van der Waals surface area contributed by atoms with Gasteiger partial charge in [-0.1, -0.05) is 39.7 Å². The molecule has 0 radical (unpaired) electrons. The number of rotatable bonds is 2. The summed E-state index contributed by atoms with van der Waals surface area (Å²) in [7, 11) is 0. The molecule has 0 aliphatic carbocycles. The molecular formula is C15H14BrNO. The van der Waals surface area contributed by atoms with Crippen molar-refractivity contribution in [1.29, 1.82) is 0 Å². The van der Waals surface area contributed by atoms with Crippen molar-refractivity contribution < 1.29 is 4.79 Å². The molecule has 0 aliphatic heterocycles. The number of amides is 1. The van der Waals surface area contributed by atoms with Crippen molar-refractivity contribution in [2.24, 2.45) is 0 Å². The fourth-order valence-corrected chi connectivity index (χ4v) is 2.04. The summed E-state index contributed by atoms with van der Waals surface area (Å²) in [6, 6.07) is 13.3. The lowest BCUT2D eigenvalue weighted by Crippen LogP contribution is -2.11. The minimum atomic E-state index is -0.0885. The van der Waals surface area contributed by atoms with Crippen LogP contribution in [0.15, 0.2) is 46.9 Å². The van der Waals surface area contributed by atoms with Crippen LogP contribution in [0.3, 0.4) is 0 Å². The van der Waals surface area contributed by atoms with Gasteiger partial charge in [0, 0.05) is 15.7 Å². The number of carbonyl (C=O) groups is 1. The third kappa shape index (κ3) is 2.99. The lowest BCUT2D eigenvalue weighted by Gasteiger charge is -2.07. The van der Waals surface area contributed by atoms with E-state index in [-0.39, 0.29) is 5.91 Å². The van der Waals surface area contributed by atoms with Gasteiger partial charge in [-0.15, -0.1) is 0 Å². The number of aryl methyl sites for hydroxylation is 2. The molecule has 2 aromatic rings. The van der Waals surface area contributed by atoms with Crippen LogP contribution >= 0.6 is 15.9 Å². The fourth-order valence-electron chi connectivity index (χ4n) is 1.66. The van der Waals surface area contributed by atoms with E-state index in [2.05, 4.69) is 21.2 Å². The summed E-state index contributed by atoms with van der Waals surface area (Å²) in [6.07, 6.45) is 0. The average Bonchev–Trinajstić information content (AvgIpc) is 2.34. The summed E-state index contributed by atoms with van der Waals surface area (Å²) in [5.74, 6) is -0.0885. The van der Waals surface area contributed by atoms with Crippen molar-refractivity contribution >= 4 is 27.5 Å². The van der Waals surface area contributed by atoms with Gasteiger partial charge in [-0.2, -0.15) is 0 Å². The predicted molar refractivity (Wildman–Crippen MR) is 78.0 cm³/mol. The number of halogens is 1. The molecule has 0 atom stereocenters. The monoisotopic (exact) mass is 303 g/mol. The van der Waals surface area contributed by atoms with Crippen molar-refractivity contribution in [3.8, 4) is 0 Å². The Bertz CT molecular complexity index is 593. The highest BCUT2D eigenvalue weighted by Gasteiger charge is 2.06. The summed E-state index contributed by atoms with van der Waals surface area (Å²) in [5, 5.41) is 2.88. The molecule has 2 aromatic carbocycles. The van der Waals surface area contributed by atoms with Crippen LogP contribution in [0.5, 0.6) is 0 Å². The molecule has 0 saturated carbocycles. The topological polar surface area (TPSA) is 29.1 Å². The van der Waals surface area contributed by atoms with E-state index in [0.29, 0.717) is 5.56 Å². The normalized spacial score (nSPS) is 10.2. The van der Waals surface area contributed by atoms with Gasteiger partial charge in [0.2, 0.25) is 0 Å². The molecule has 1 N–H and O–H groups in total. The van der Waals surface area contributed by atoms with Crippen LogP contribution in [-0.2, 0) is 0 Å². The second kappa shape index (κ2) is 5.36. The van der Waals surface area contributed by atoms with Gasteiger partial charge in [0.05, 0.1) is 0 Å². The van der Waals surface area contributed by atoms with Crippen molar-refractivity contribution in [1.82, 2.24) is 0 Å². The molecule has 3 heteroatoms. The summed E-state index contributed by atoms with van der Waals surface area (Å²) in [6.45, 7) is 3.98. The lowest BCUT2D eigenvalue weighted by molar-refractivity contribution is 0.102. The Hall–Kier alpha value is -1.61. The standard InChI is InChI=1S/C15H14BrNO/c1-10-4-3-5-12(8-10)15(18)17-13-7-6-11(2)14(16)9-13/h3-9H,1-2H3,(H,17,18). The second-order valence-corrected chi connectivity index (χ2v) is 5.14. The quantitative estimate of drug-likeness (QED) is 0.879. The molecule has 0 unspecified atom stereocenters. The van der Waals surface area contributed by atoms with E-state index in [4.69, 9.17) is 0 Å². The molecule has 92 valence electrons. The maximum Gasteiger partial charge on any atom is 0.255 e. The zero-order valence-corrected chi connectivity index (χ0v) is 11.9. The number of nitrogens with one attached hydrogen (secondary N) is 1. The molecule has 0 aliphatic rings. The Morgan fingerprint density at radius 2 is 1.89 bits per heavy atom. The third-order valence-corrected chi connectivity index (χ3v) is 3.56. The van der Waals surface area contributed by atoms with Crippen molar-refractivity contribution in [3.63, 3.8) is 0 Å². The lowest BCUT2D eigenvalue weighted by atomic mass is 10.1. The highest BCUT2D eigenvalue weighted by molar-refractivity contribution is 9.10. The van der Waals surface area contributed by atoms with Crippen LogP contribution in [0.25, 0.3) is 0 Å². The van der Waals surface area contributed by atoms with Gasteiger partial charge < -0.3 is 5.32 Å². The Morgan fingerprint density at radius 1 is 1.11 bits per heavy atom. The highest BCUT2D eigenvalue weighted by atomic mass is 79.9. The molecule has 18 heavy (non-hydrogen) atoms. The molecular weight excluding hydrogens is 290 g/mol. The predicted octanol–water partition coefficient (Wildman–Crippen LogP) is 4.32. The molecule has 0 saturated heterocycles. The van der Waals surface area contributed by atoms with Gasteiger partial charge in [0.25, 0.3) is 5.91 Å². The first-order valence-corrected chi connectivity index (χ1v) is 6.50. The first-order valence-electron chi connectivity index (χ1n) is 5.70. The zero-order valence-electron chi connectivity index (χ0n) is 10.3. The number of hydrogen-bond acceptors (Lipinski definition) is 1. The van der Waals surface area contributed by atoms with Crippen molar-refractivity contribution in [3.05, 3.63) is 63.6 Å². The molecule has 1 amide bonds. The zero-order chi connectivity index (χ0) is 13.1. The molecule has 0 aromatic heterocycles. The minimum absolute atomic E-state index is 0.0885. The number of hydrogen-bond donors (Lipinski definition) is 1. The largest absolute Gasteiger partial charge is 0.322 e. The van der Waals surface area contributed by atoms with Crippen LogP contribution < -0.4 is 5.32 Å². The van der Waals surface area contributed by atoms with Crippen LogP contribution in [-0.4, -0.2) is 5.91 Å². The summed E-state index contributed by atoms with van der Waals surface area (Å²) in [4.78, 5) is 12.0. The summed E-state index contributed by atoms with van der Waals surface area (Å²) >= 11 is 3.45. The molecule has 0 fully saturated rings. The van der Waals surface area contributed by atoms with Gasteiger partial charge >= 0.3 is 0 Å². The first kappa shape index (κ1) is 12.8. The summed E-state index contributed by atoms with van der Waals surface area (Å²) in [5.41, 5.74) is 3.68. The smallest absolute Gasteiger partial charge is 0.255 e. The first-order chi connectivity index (χ1) is 8.56. The number of carbonyl (C=O) groups excluding carboxylic acids is 1. The molecule has 0 spiro atoms. The van der Waals surface area contributed by atoms with Crippen molar-refractivity contribution in [2.45, 2.75) is 13.8 Å². The molecule has 2 rings (SSSR count). The van der Waals surface area contributed by atoms with Crippen LogP contribution in [0.4, 0.5) is 5.69 Å². The average molecular weight is 304 g/mol. The molecule has 2 nitrogen and oxygen atoms in total. The third-order valence-electron chi connectivity index (χ3n) is 2.71. The van der Waals surface area contributed by atoms with E-state index in [9.17, 15) is 4.79 Å². The van der Waals surface area contributed by atoms with Crippen LogP contribution in [0.1, 0.15) is 21.5 Å². The highest BCUT2D eigenvalue weighted by Crippen LogP contribution is 2.21. The van der Waals surface area contributed by atoms with E-state index in [1.54, 1.807) is 0 Å². The Kier molecular flexibility index (Phi) is 3.82. The van der Waals surface area contributed by atoms with Gasteiger partial charge in [-0.25, -0.2) is 0 Å². The SMILES string of the molecule is Cc1cccc(C(=O)Nc2ccc(C)c(Br)c2)c1. The number of benzene rings is 2. The van der Waals surface area contributed by atoms with Gasteiger partial charge in [0.15, 0.2) is 0 Å². The van der Waals surface area contributed by atoms with Gasteiger partial charge in [-0.3, -0.25) is 4.79 Å². The van der Waals surface area contributed by atoms with E-state index >= 15 is 0 Å². The van der Waals surface area contributed by atoms with E-state index in [1.165, 1.54) is 0 Å². The fraction of sp³-hybridized carbons (Fsp3) is 0.133. The Morgan fingerprint density at radius 3 is 2.56 bits per heavy atom. The van der Waals surface area contributed by atoms with Crippen molar-refractivity contribution in [2.75, 3.05) is 5.32 Å². The van der Waals surface area contributed by atoms with Crippen LogP contribution in [0.2, 0.25) is 0 Å². The van der Waals surface area contributed by atoms with E-state index < -0.39 is 0 Å². The van der Waals surface area contributed by atoms with Gasteiger partial charge in [0.1, 0.15) is 0 Å². The van der Waals surface area contributed by atoms with Crippen LogP contribution in [0, 0.1) is 13.8 Å². The van der Waals surface area contributed by atoms with E-state index in [1.807, 2.05) is 56.3 Å². The maximum absolute atomic E-state index is 12.0. The number of anilines is 1. The van der Waals surface area contributed by atoms with Gasteiger partial charge in [-0.05, 0) is 43.7 Å². The Balaban J connectivity index is 2.18.